The number of amides is 1. The molecule has 0 bridgehead atoms. The Labute approximate surface area is 171 Å². The summed E-state index contributed by atoms with van der Waals surface area (Å²) in [5, 5.41) is 3.11. The van der Waals surface area contributed by atoms with Gasteiger partial charge in [0.1, 0.15) is 5.75 Å². The first-order chi connectivity index (χ1) is 14.1. The number of pyridine rings is 1. The monoisotopic (exact) mass is 395 g/mol. The molecule has 0 atom stereocenters. The van der Waals surface area contributed by atoms with Gasteiger partial charge in [0.05, 0.1) is 12.7 Å². The second-order valence-electron chi connectivity index (χ2n) is 8.34. The van der Waals surface area contributed by atoms with Gasteiger partial charge in [-0.3, -0.25) is 14.2 Å². The molecule has 6 nitrogen and oxygen atoms in total. The van der Waals surface area contributed by atoms with Crippen molar-refractivity contribution in [1.29, 1.82) is 0 Å². The third-order valence-electron chi connectivity index (χ3n) is 6.11. The van der Waals surface area contributed by atoms with Crippen molar-refractivity contribution in [2.75, 3.05) is 33.3 Å². The first kappa shape index (κ1) is 19.7. The highest BCUT2D eigenvalue weighted by molar-refractivity contribution is 5.94. The van der Waals surface area contributed by atoms with Gasteiger partial charge in [0.15, 0.2) is 0 Å². The minimum Gasteiger partial charge on any atom is -0.497 e. The molecule has 2 aromatic rings. The van der Waals surface area contributed by atoms with E-state index in [9.17, 15) is 9.59 Å². The number of aromatic nitrogens is 1. The molecule has 1 aromatic heterocycles. The molecule has 0 spiro atoms. The second kappa shape index (κ2) is 8.41. The first-order valence-electron chi connectivity index (χ1n) is 10.5. The van der Waals surface area contributed by atoms with Crippen molar-refractivity contribution >= 4 is 5.91 Å². The topological polar surface area (TPSA) is 63.6 Å². The van der Waals surface area contributed by atoms with Gasteiger partial charge in [0, 0.05) is 36.5 Å². The van der Waals surface area contributed by atoms with Crippen molar-refractivity contribution in [3.05, 3.63) is 58.5 Å². The van der Waals surface area contributed by atoms with Crippen LogP contribution in [0.15, 0.2) is 47.4 Å². The standard InChI is InChI=1S/C23H29N3O3/c1-29-20-8-6-19(7-9-20)26-15-18(5-10-21(26)27)22(28)24-16-23(11-12-23)17-25-13-3-2-4-14-25/h5-10,15H,2-4,11-14,16-17H2,1H3,(H,24,28). The highest BCUT2D eigenvalue weighted by Crippen LogP contribution is 2.46. The van der Waals surface area contributed by atoms with Gasteiger partial charge >= 0.3 is 0 Å². The minimum absolute atomic E-state index is 0.128. The summed E-state index contributed by atoms with van der Waals surface area (Å²) in [4.78, 5) is 27.6. The number of rotatable bonds is 7. The molecule has 1 aliphatic heterocycles. The van der Waals surface area contributed by atoms with Gasteiger partial charge in [-0.15, -0.1) is 0 Å². The summed E-state index contributed by atoms with van der Waals surface area (Å²) in [7, 11) is 1.60. The number of hydrogen-bond donors (Lipinski definition) is 1. The Morgan fingerprint density at radius 1 is 1.07 bits per heavy atom. The maximum atomic E-state index is 12.7. The van der Waals surface area contributed by atoms with Crippen molar-refractivity contribution in [3.63, 3.8) is 0 Å². The lowest BCUT2D eigenvalue weighted by Gasteiger charge is -2.30. The van der Waals surface area contributed by atoms with E-state index in [-0.39, 0.29) is 16.9 Å². The predicted octanol–water partition coefficient (Wildman–Crippen LogP) is 2.84. The molecule has 0 unspecified atom stereocenters. The normalized spacial score (nSPS) is 18.2. The van der Waals surface area contributed by atoms with E-state index in [2.05, 4.69) is 10.2 Å². The van der Waals surface area contributed by atoms with E-state index in [1.54, 1.807) is 43.6 Å². The van der Waals surface area contributed by atoms with Crippen LogP contribution < -0.4 is 15.6 Å². The molecule has 29 heavy (non-hydrogen) atoms. The molecule has 6 heteroatoms. The summed E-state index contributed by atoms with van der Waals surface area (Å²) in [6, 6.07) is 10.2. The number of nitrogens with zero attached hydrogens (tertiary/aromatic N) is 2. The van der Waals surface area contributed by atoms with Crippen molar-refractivity contribution < 1.29 is 9.53 Å². The van der Waals surface area contributed by atoms with E-state index in [1.165, 1.54) is 55.8 Å². The fourth-order valence-electron chi connectivity index (χ4n) is 4.10. The third-order valence-corrected chi connectivity index (χ3v) is 6.11. The Kier molecular flexibility index (Phi) is 5.72. The third kappa shape index (κ3) is 4.70. The lowest BCUT2D eigenvalue weighted by molar-refractivity contribution is 0.0935. The van der Waals surface area contributed by atoms with Crippen molar-refractivity contribution in [3.8, 4) is 11.4 Å². The number of piperidine rings is 1. The van der Waals surface area contributed by atoms with Gasteiger partial charge in [-0.2, -0.15) is 0 Å². The van der Waals surface area contributed by atoms with Crippen molar-refractivity contribution in [2.24, 2.45) is 5.41 Å². The molecule has 1 saturated heterocycles. The Hall–Kier alpha value is -2.60. The number of carbonyl (C=O) groups excluding carboxylic acids is 1. The summed E-state index contributed by atoms with van der Waals surface area (Å²) in [6.07, 6.45) is 7.88. The van der Waals surface area contributed by atoms with E-state index < -0.39 is 0 Å². The highest BCUT2D eigenvalue weighted by Gasteiger charge is 2.44. The van der Waals surface area contributed by atoms with E-state index in [1.807, 2.05) is 0 Å². The van der Waals surface area contributed by atoms with Crippen LogP contribution >= 0.6 is 0 Å². The Balaban J connectivity index is 1.41. The lowest BCUT2D eigenvalue weighted by Crippen LogP contribution is -2.40. The zero-order valence-corrected chi connectivity index (χ0v) is 17.0. The zero-order chi connectivity index (χ0) is 20.3. The van der Waals surface area contributed by atoms with Crippen LogP contribution in [0.3, 0.4) is 0 Å². The molecule has 1 N–H and O–H groups in total. The van der Waals surface area contributed by atoms with Crippen LogP contribution in [0.25, 0.3) is 5.69 Å². The van der Waals surface area contributed by atoms with Crippen LogP contribution in [-0.4, -0.2) is 48.7 Å². The van der Waals surface area contributed by atoms with E-state index in [4.69, 9.17) is 4.74 Å². The summed E-state index contributed by atoms with van der Waals surface area (Å²) in [5.74, 6) is 0.594. The van der Waals surface area contributed by atoms with Crippen LogP contribution in [0.5, 0.6) is 5.75 Å². The molecule has 0 radical (unpaired) electrons. The van der Waals surface area contributed by atoms with Gasteiger partial charge < -0.3 is 15.0 Å². The van der Waals surface area contributed by atoms with Crippen LogP contribution in [0.4, 0.5) is 0 Å². The van der Waals surface area contributed by atoms with E-state index in [0.717, 1.165) is 12.3 Å². The van der Waals surface area contributed by atoms with Crippen LogP contribution in [0, 0.1) is 5.41 Å². The average Bonchev–Trinajstić information content (AvgIpc) is 3.53. The van der Waals surface area contributed by atoms with Crippen LogP contribution in [0.1, 0.15) is 42.5 Å². The molecule has 2 aliphatic rings. The number of benzene rings is 1. The molecule has 2 heterocycles. The predicted molar refractivity (Wildman–Crippen MR) is 113 cm³/mol. The molecule has 1 aliphatic carbocycles. The van der Waals surface area contributed by atoms with Crippen molar-refractivity contribution in [2.45, 2.75) is 32.1 Å². The molecule has 1 saturated carbocycles. The van der Waals surface area contributed by atoms with E-state index in [0.29, 0.717) is 17.8 Å². The molecule has 154 valence electrons. The molecular formula is C23H29N3O3. The Morgan fingerprint density at radius 2 is 1.79 bits per heavy atom. The number of likely N-dealkylation sites (tertiary alicyclic amines) is 1. The molecule has 4 rings (SSSR count). The Bertz CT molecular complexity index is 910. The van der Waals surface area contributed by atoms with Gasteiger partial charge in [-0.05, 0) is 69.1 Å². The molecule has 1 aromatic carbocycles. The zero-order valence-electron chi connectivity index (χ0n) is 17.0. The fraction of sp³-hybridized carbons (Fsp3) is 0.478. The van der Waals surface area contributed by atoms with Crippen LogP contribution in [-0.2, 0) is 0 Å². The Morgan fingerprint density at radius 3 is 2.45 bits per heavy atom. The van der Waals surface area contributed by atoms with Crippen LogP contribution in [0.2, 0.25) is 0 Å². The summed E-state index contributed by atoms with van der Waals surface area (Å²) < 4.78 is 6.66. The quantitative estimate of drug-likeness (QED) is 0.783. The SMILES string of the molecule is COc1ccc(-n2cc(C(=O)NCC3(CN4CCCCC4)CC3)ccc2=O)cc1. The highest BCUT2D eigenvalue weighted by atomic mass is 16.5. The number of methoxy groups -OCH3 is 1. The summed E-state index contributed by atoms with van der Waals surface area (Å²) in [5.41, 5.74) is 1.26. The fourth-order valence-corrected chi connectivity index (χ4v) is 4.10. The van der Waals surface area contributed by atoms with E-state index >= 15 is 0 Å². The maximum Gasteiger partial charge on any atom is 0.255 e. The molecule has 2 fully saturated rings. The number of carbonyl (C=O) groups is 1. The second-order valence-corrected chi connectivity index (χ2v) is 8.34. The largest absolute Gasteiger partial charge is 0.497 e. The van der Waals surface area contributed by atoms with Gasteiger partial charge in [-0.1, -0.05) is 6.42 Å². The minimum atomic E-state index is -0.171. The van der Waals surface area contributed by atoms with Gasteiger partial charge in [0.25, 0.3) is 11.5 Å². The maximum absolute atomic E-state index is 12.7. The first-order valence-corrected chi connectivity index (χ1v) is 10.5. The number of ether oxygens (including phenoxy) is 1. The number of hydrogen-bond acceptors (Lipinski definition) is 4. The lowest BCUT2D eigenvalue weighted by atomic mass is 10.0. The molecular weight excluding hydrogens is 366 g/mol. The smallest absolute Gasteiger partial charge is 0.255 e. The van der Waals surface area contributed by atoms with Gasteiger partial charge in [0.2, 0.25) is 0 Å². The average molecular weight is 396 g/mol. The summed E-state index contributed by atoms with van der Waals surface area (Å²) >= 11 is 0. The van der Waals surface area contributed by atoms with Gasteiger partial charge in [-0.25, -0.2) is 0 Å². The molecule has 1 amide bonds. The number of nitrogens with one attached hydrogen (secondary N) is 1. The summed E-state index contributed by atoms with van der Waals surface area (Å²) in [6.45, 7) is 4.15. The van der Waals surface area contributed by atoms with Crippen molar-refractivity contribution in [1.82, 2.24) is 14.8 Å².